The fourth-order valence-electron chi connectivity index (χ4n) is 4.17. The molecule has 0 aromatic carbocycles. The van der Waals surface area contributed by atoms with E-state index in [0.717, 1.165) is 109 Å². The zero-order valence-electron chi connectivity index (χ0n) is 17.5. The molecule has 2 N–H and O–H groups in total. The molecule has 0 aromatic heterocycles. The van der Waals surface area contributed by atoms with E-state index in [1.807, 2.05) is 4.90 Å². The Hall–Kier alpha value is -1.44. The lowest BCUT2D eigenvalue weighted by Crippen LogP contribution is -2.46. The smallest absolute Gasteiger partial charge is 0.270 e. The van der Waals surface area contributed by atoms with E-state index in [-0.39, 0.29) is 5.91 Å². The van der Waals surface area contributed by atoms with Crippen molar-refractivity contribution in [2.45, 2.75) is 39.0 Å². The maximum Gasteiger partial charge on any atom is 0.270 e. The zero-order chi connectivity index (χ0) is 19.8. The second-order valence-electron chi connectivity index (χ2n) is 8.05. The van der Waals surface area contributed by atoms with Gasteiger partial charge in [-0.1, -0.05) is 6.92 Å². The first-order valence-electron chi connectivity index (χ1n) is 11.0. The van der Waals surface area contributed by atoms with Crippen molar-refractivity contribution in [3.63, 3.8) is 0 Å². The molecule has 0 saturated carbocycles. The number of amides is 1. The molecule has 1 amide bonds. The average molecular weight is 392 g/mol. The second kappa shape index (κ2) is 10.9. The van der Waals surface area contributed by atoms with Crippen molar-refractivity contribution in [1.82, 2.24) is 14.7 Å². The number of hydrogen-bond acceptors (Lipinski definition) is 6. The fourth-order valence-corrected chi connectivity index (χ4v) is 4.17. The number of rotatable bonds is 6. The van der Waals surface area contributed by atoms with Crippen LogP contribution in [0.25, 0.3) is 0 Å². The topological polar surface area (TPSA) is 74.4 Å². The summed E-state index contributed by atoms with van der Waals surface area (Å²) in [6.45, 7) is 12.0. The Kier molecular flexibility index (Phi) is 8.30. The van der Waals surface area contributed by atoms with Crippen molar-refractivity contribution in [2.24, 2.45) is 10.7 Å². The summed E-state index contributed by atoms with van der Waals surface area (Å²) in [5.74, 6) is 0.00827. The molecule has 0 radical (unpaired) electrons. The molecule has 0 unspecified atom stereocenters. The van der Waals surface area contributed by atoms with Crippen molar-refractivity contribution in [2.75, 3.05) is 72.1 Å². The number of carbonyl (C=O) groups excluding carboxylic acids is 1. The Labute approximate surface area is 169 Å². The van der Waals surface area contributed by atoms with Crippen molar-refractivity contribution in [3.8, 4) is 0 Å². The van der Waals surface area contributed by atoms with Crippen molar-refractivity contribution in [3.05, 3.63) is 11.3 Å². The monoisotopic (exact) mass is 391 g/mol. The van der Waals surface area contributed by atoms with E-state index in [1.165, 1.54) is 6.42 Å². The molecule has 0 atom stereocenters. The lowest BCUT2D eigenvalue weighted by Gasteiger charge is -2.34. The van der Waals surface area contributed by atoms with Crippen LogP contribution in [0.2, 0.25) is 0 Å². The number of carbonyl (C=O) groups is 1. The minimum atomic E-state index is 0.00827. The molecule has 28 heavy (non-hydrogen) atoms. The Balaban J connectivity index is 1.67. The van der Waals surface area contributed by atoms with Gasteiger partial charge in [0, 0.05) is 76.6 Å². The number of ether oxygens (including phenoxy) is 1. The minimum Gasteiger partial charge on any atom is -0.394 e. The molecule has 3 aliphatic rings. The number of piperidine rings is 2. The third kappa shape index (κ3) is 5.78. The molecular weight excluding hydrogens is 354 g/mol. The molecule has 3 aliphatic heterocycles. The van der Waals surface area contributed by atoms with Gasteiger partial charge >= 0.3 is 0 Å². The molecule has 7 nitrogen and oxygen atoms in total. The largest absolute Gasteiger partial charge is 0.394 e. The van der Waals surface area contributed by atoms with Crippen LogP contribution in [0, 0.1) is 0 Å². The zero-order valence-corrected chi connectivity index (χ0v) is 17.5. The summed E-state index contributed by atoms with van der Waals surface area (Å²) in [5.41, 5.74) is 8.88. The molecule has 0 aromatic rings. The molecular formula is C21H37N5O2. The minimum absolute atomic E-state index is 0.00827. The molecule has 3 rings (SSSR count). The summed E-state index contributed by atoms with van der Waals surface area (Å²) in [4.78, 5) is 24.6. The number of hydrogen-bond donors (Lipinski definition) is 1. The summed E-state index contributed by atoms with van der Waals surface area (Å²) in [6.07, 6.45) is 5.26. The van der Waals surface area contributed by atoms with Gasteiger partial charge in [0.05, 0.1) is 13.2 Å². The molecule has 3 saturated heterocycles. The van der Waals surface area contributed by atoms with Gasteiger partial charge < -0.3 is 15.4 Å². The van der Waals surface area contributed by atoms with E-state index in [4.69, 9.17) is 15.5 Å². The van der Waals surface area contributed by atoms with Crippen LogP contribution in [0.4, 0.5) is 0 Å². The second-order valence-corrected chi connectivity index (χ2v) is 8.05. The molecule has 0 spiro atoms. The third-order valence-electron chi connectivity index (χ3n) is 5.96. The summed E-state index contributed by atoms with van der Waals surface area (Å²) in [5, 5.41) is 0. The Morgan fingerprint density at radius 3 is 2.46 bits per heavy atom. The molecule has 0 bridgehead atoms. The van der Waals surface area contributed by atoms with Crippen LogP contribution in [0.15, 0.2) is 16.3 Å². The average Bonchev–Trinajstić information content (AvgIpc) is 2.76. The number of morpholine rings is 1. The van der Waals surface area contributed by atoms with E-state index in [2.05, 4.69) is 16.7 Å². The maximum absolute atomic E-state index is 13.0. The molecule has 3 fully saturated rings. The van der Waals surface area contributed by atoms with Crippen LogP contribution in [0.3, 0.4) is 0 Å². The number of aliphatic imine (C=N–C) groups is 1. The highest BCUT2D eigenvalue weighted by molar-refractivity contribution is 6.08. The lowest BCUT2D eigenvalue weighted by molar-refractivity contribution is -0.128. The normalized spacial score (nSPS) is 25.9. The lowest BCUT2D eigenvalue weighted by atomic mass is 9.98. The number of nitrogens with zero attached hydrogens (tertiary/aromatic N) is 4. The van der Waals surface area contributed by atoms with Crippen LogP contribution in [0.1, 0.15) is 39.0 Å². The van der Waals surface area contributed by atoms with Crippen LogP contribution in [0.5, 0.6) is 0 Å². The highest BCUT2D eigenvalue weighted by Gasteiger charge is 2.27. The van der Waals surface area contributed by atoms with Crippen LogP contribution < -0.4 is 5.73 Å². The first-order chi connectivity index (χ1) is 13.7. The number of likely N-dealkylation sites (tertiary alicyclic amines) is 2. The van der Waals surface area contributed by atoms with Crippen molar-refractivity contribution >= 4 is 11.6 Å². The van der Waals surface area contributed by atoms with Gasteiger partial charge in [0.15, 0.2) is 0 Å². The Morgan fingerprint density at radius 1 is 1.04 bits per heavy atom. The van der Waals surface area contributed by atoms with E-state index in [1.54, 1.807) is 0 Å². The van der Waals surface area contributed by atoms with E-state index in [0.29, 0.717) is 5.70 Å². The van der Waals surface area contributed by atoms with Crippen LogP contribution in [-0.4, -0.2) is 98.4 Å². The predicted octanol–water partition coefficient (Wildman–Crippen LogP) is 1.10. The van der Waals surface area contributed by atoms with E-state index in [9.17, 15) is 4.79 Å². The van der Waals surface area contributed by atoms with Crippen LogP contribution >= 0.6 is 0 Å². The standard InChI is InChI=1S/C21H37N5O2/c1-2-7-23-19-6-10-25(12-11-24-13-15-28-16-14-24)17-18(19)20(22)21(27)26-8-4-3-5-9-26/h2-17,22H2,1H3/b20-18-,23-19?. The Morgan fingerprint density at radius 2 is 1.75 bits per heavy atom. The van der Waals surface area contributed by atoms with E-state index < -0.39 is 0 Å². The van der Waals surface area contributed by atoms with Gasteiger partial charge in [0.2, 0.25) is 0 Å². The third-order valence-corrected chi connectivity index (χ3v) is 5.96. The first kappa shape index (κ1) is 21.3. The van der Waals surface area contributed by atoms with E-state index >= 15 is 0 Å². The van der Waals surface area contributed by atoms with Crippen molar-refractivity contribution < 1.29 is 9.53 Å². The molecule has 3 heterocycles. The van der Waals surface area contributed by atoms with Gasteiger partial charge in [-0.05, 0) is 25.7 Å². The molecule has 158 valence electrons. The SMILES string of the molecule is CCCN=C1CCN(CCN2CCOCC2)C/C1=C(/N)C(=O)N1CCCCC1. The first-order valence-corrected chi connectivity index (χ1v) is 11.0. The summed E-state index contributed by atoms with van der Waals surface area (Å²) in [7, 11) is 0. The van der Waals surface area contributed by atoms with Gasteiger partial charge in [-0.25, -0.2) is 0 Å². The predicted molar refractivity (Wildman–Crippen MR) is 113 cm³/mol. The van der Waals surface area contributed by atoms with Crippen LogP contribution in [-0.2, 0) is 9.53 Å². The van der Waals surface area contributed by atoms with Gasteiger partial charge in [-0.15, -0.1) is 0 Å². The number of nitrogens with two attached hydrogens (primary N) is 1. The highest BCUT2D eigenvalue weighted by atomic mass is 16.5. The summed E-state index contributed by atoms with van der Waals surface area (Å²) < 4.78 is 5.44. The summed E-state index contributed by atoms with van der Waals surface area (Å²) in [6, 6.07) is 0. The van der Waals surface area contributed by atoms with Gasteiger partial charge in [-0.3, -0.25) is 19.6 Å². The van der Waals surface area contributed by atoms with Gasteiger partial charge in [0.1, 0.15) is 5.70 Å². The fraction of sp³-hybridized carbons (Fsp3) is 0.810. The molecule has 7 heteroatoms. The molecule has 0 aliphatic carbocycles. The van der Waals surface area contributed by atoms with Gasteiger partial charge in [-0.2, -0.15) is 0 Å². The summed E-state index contributed by atoms with van der Waals surface area (Å²) >= 11 is 0. The quantitative estimate of drug-likeness (QED) is 0.687. The highest BCUT2D eigenvalue weighted by Crippen LogP contribution is 2.19. The van der Waals surface area contributed by atoms with Crippen molar-refractivity contribution in [1.29, 1.82) is 0 Å². The maximum atomic E-state index is 13.0. The Bertz CT molecular complexity index is 577. The van der Waals surface area contributed by atoms with Gasteiger partial charge in [0.25, 0.3) is 5.91 Å².